The number of hydrogen-bond donors (Lipinski definition) is 1. The van der Waals surface area contributed by atoms with Gasteiger partial charge in [0.25, 0.3) is 10.2 Å². The molecule has 3 rings (SSSR count). The van der Waals surface area contributed by atoms with E-state index < -0.39 is 10.2 Å². The van der Waals surface area contributed by atoms with E-state index in [1.807, 2.05) is 0 Å². The third kappa shape index (κ3) is 3.73. The van der Waals surface area contributed by atoms with Crippen molar-refractivity contribution in [3.8, 4) is 0 Å². The second-order valence-corrected chi connectivity index (χ2v) is 8.17. The van der Waals surface area contributed by atoms with E-state index >= 15 is 0 Å². The molecule has 130 valence electrons. The summed E-state index contributed by atoms with van der Waals surface area (Å²) in [4.78, 5) is 4.45. The van der Waals surface area contributed by atoms with E-state index in [1.54, 1.807) is 16.1 Å². The monoisotopic (exact) mass is 343 g/mol. The van der Waals surface area contributed by atoms with Crippen LogP contribution in [0.15, 0.2) is 0 Å². The van der Waals surface area contributed by atoms with Gasteiger partial charge in [0.2, 0.25) is 0 Å². The molecule has 0 saturated carbocycles. The molecule has 1 aromatic rings. The zero-order chi connectivity index (χ0) is 16.4. The number of rotatable bonds is 5. The summed E-state index contributed by atoms with van der Waals surface area (Å²) >= 11 is 0. The molecule has 0 bridgehead atoms. The topological polar surface area (TPSA) is 89.3 Å². The molecule has 1 saturated heterocycles. The van der Waals surface area contributed by atoms with Crippen molar-refractivity contribution in [1.82, 2.24) is 23.8 Å². The van der Waals surface area contributed by atoms with Crippen molar-refractivity contribution in [2.45, 2.75) is 51.8 Å². The second-order valence-electron chi connectivity index (χ2n) is 6.47. The number of fused-ring (bicyclic) bond motifs is 1. The van der Waals surface area contributed by atoms with Crippen molar-refractivity contribution < 1.29 is 13.2 Å². The summed E-state index contributed by atoms with van der Waals surface area (Å²) in [5.74, 6) is 1.70. The number of aromatic nitrogens is 3. The maximum Gasteiger partial charge on any atom is 0.280 e. The SMILES string of the molecule is COCc1nc2n(n1)CCC[C@@H]2NS(=O)(=O)N1CCC[C@@H](C)C1. The fraction of sp³-hybridized carbons (Fsp3) is 0.857. The Morgan fingerprint density at radius 3 is 2.83 bits per heavy atom. The minimum absolute atomic E-state index is 0.316. The number of piperidine rings is 1. The van der Waals surface area contributed by atoms with Crippen LogP contribution in [0.3, 0.4) is 0 Å². The predicted molar refractivity (Wildman–Crippen MR) is 84.7 cm³/mol. The van der Waals surface area contributed by atoms with Gasteiger partial charge < -0.3 is 4.74 Å². The first kappa shape index (κ1) is 16.8. The summed E-state index contributed by atoms with van der Waals surface area (Å²) in [5, 5.41) is 4.38. The first-order chi connectivity index (χ1) is 11.0. The molecule has 23 heavy (non-hydrogen) atoms. The fourth-order valence-electron chi connectivity index (χ4n) is 3.32. The lowest BCUT2D eigenvalue weighted by atomic mass is 10.0. The largest absolute Gasteiger partial charge is 0.377 e. The predicted octanol–water partition coefficient (Wildman–Crippen LogP) is 0.826. The molecular formula is C14H25N5O3S. The van der Waals surface area contributed by atoms with Gasteiger partial charge in [-0.05, 0) is 31.6 Å². The van der Waals surface area contributed by atoms with E-state index in [9.17, 15) is 8.42 Å². The molecule has 2 aliphatic heterocycles. The Labute approximate surface area is 137 Å². The Hall–Kier alpha value is -1.03. The smallest absolute Gasteiger partial charge is 0.280 e. The third-order valence-corrected chi connectivity index (χ3v) is 6.04. The molecule has 0 aliphatic carbocycles. The van der Waals surface area contributed by atoms with Crippen molar-refractivity contribution in [2.75, 3.05) is 20.2 Å². The number of nitrogens with one attached hydrogen (secondary N) is 1. The van der Waals surface area contributed by atoms with Gasteiger partial charge in [0.15, 0.2) is 5.82 Å². The summed E-state index contributed by atoms with van der Waals surface area (Å²) in [6, 6.07) is -0.316. The van der Waals surface area contributed by atoms with Gasteiger partial charge in [0.05, 0.1) is 6.04 Å². The quantitative estimate of drug-likeness (QED) is 0.855. The molecule has 0 radical (unpaired) electrons. The van der Waals surface area contributed by atoms with Crippen molar-refractivity contribution in [3.05, 3.63) is 11.6 Å². The Morgan fingerprint density at radius 1 is 1.30 bits per heavy atom. The number of nitrogens with zero attached hydrogens (tertiary/aromatic N) is 4. The third-order valence-electron chi connectivity index (χ3n) is 4.44. The van der Waals surface area contributed by atoms with Gasteiger partial charge >= 0.3 is 0 Å². The molecule has 1 N–H and O–H groups in total. The van der Waals surface area contributed by atoms with E-state index in [-0.39, 0.29) is 6.04 Å². The molecular weight excluding hydrogens is 318 g/mol. The summed E-state index contributed by atoms with van der Waals surface area (Å²) < 4.78 is 36.6. The Balaban J connectivity index is 1.75. The zero-order valence-corrected chi connectivity index (χ0v) is 14.5. The molecule has 9 heteroatoms. The van der Waals surface area contributed by atoms with Crippen LogP contribution in [0.25, 0.3) is 0 Å². The van der Waals surface area contributed by atoms with Gasteiger partial charge in [0, 0.05) is 26.7 Å². The average Bonchev–Trinajstić information content (AvgIpc) is 2.91. The number of ether oxygens (including phenoxy) is 1. The van der Waals surface area contributed by atoms with E-state index in [0.29, 0.717) is 37.3 Å². The summed E-state index contributed by atoms with van der Waals surface area (Å²) in [5.41, 5.74) is 0. The Kier molecular flexibility index (Phi) is 5.00. The van der Waals surface area contributed by atoms with Crippen molar-refractivity contribution >= 4 is 10.2 Å². The number of methoxy groups -OCH3 is 1. The van der Waals surface area contributed by atoms with Gasteiger partial charge in [-0.25, -0.2) is 9.67 Å². The van der Waals surface area contributed by atoms with Gasteiger partial charge in [-0.3, -0.25) is 0 Å². The molecule has 0 spiro atoms. The fourth-order valence-corrected chi connectivity index (χ4v) is 4.87. The van der Waals surface area contributed by atoms with E-state index in [4.69, 9.17) is 4.74 Å². The molecule has 0 aromatic carbocycles. The number of hydrogen-bond acceptors (Lipinski definition) is 5. The Bertz CT molecular complexity index is 645. The standard InChI is InChI=1S/C14H25N5O3S/c1-11-5-3-7-18(9-11)23(20,21)17-12-6-4-8-19-14(12)15-13(16-19)10-22-2/h11-12,17H,3-10H2,1-2H3/t11-,12+/m1/s1. The normalized spacial score (nSPS) is 26.2. The maximum absolute atomic E-state index is 12.7. The summed E-state index contributed by atoms with van der Waals surface area (Å²) in [7, 11) is -1.90. The van der Waals surface area contributed by atoms with Crippen LogP contribution in [0.4, 0.5) is 0 Å². The van der Waals surface area contributed by atoms with Gasteiger partial charge in [-0.1, -0.05) is 6.92 Å². The first-order valence-electron chi connectivity index (χ1n) is 8.19. The van der Waals surface area contributed by atoms with Crippen molar-refractivity contribution in [3.63, 3.8) is 0 Å². The molecule has 3 heterocycles. The van der Waals surface area contributed by atoms with Crippen LogP contribution in [0.2, 0.25) is 0 Å². The minimum atomic E-state index is -3.49. The van der Waals surface area contributed by atoms with E-state index in [1.165, 1.54) is 0 Å². The maximum atomic E-state index is 12.7. The lowest BCUT2D eigenvalue weighted by Crippen LogP contribution is -2.47. The van der Waals surface area contributed by atoms with E-state index in [2.05, 4.69) is 21.7 Å². The van der Waals surface area contributed by atoms with Crippen LogP contribution in [0.5, 0.6) is 0 Å². The van der Waals surface area contributed by atoms with Gasteiger partial charge in [-0.15, -0.1) is 0 Å². The average molecular weight is 343 g/mol. The summed E-state index contributed by atoms with van der Waals surface area (Å²) in [6.07, 6.45) is 3.63. The molecule has 2 atom stereocenters. The van der Waals surface area contributed by atoms with E-state index in [0.717, 1.165) is 32.2 Å². The summed E-state index contributed by atoms with van der Waals surface area (Å²) in [6.45, 7) is 4.38. The van der Waals surface area contributed by atoms with Crippen molar-refractivity contribution in [1.29, 1.82) is 0 Å². The lowest BCUT2D eigenvalue weighted by Gasteiger charge is -2.32. The highest BCUT2D eigenvalue weighted by Crippen LogP contribution is 2.26. The second kappa shape index (κ2) is 6.84. The first-order valence-corrected chi connectivity index (χ1v) is 9.63. The zero-order valence-electron chi connectivity index (χ0n) is 13.7. The van der Waals surface area contributed by atoms with Crippen LogP contribution in [0, 0.1) is 5.92 Å². The van der Waals surface area contributed by atoms with Crippen LogP contribution >= 0.6 is 0 Å². The highest BCUT2D eigenvalue weighted by molar-refractivity contribution is 7.87. The molecule has 8 nitrogen and oxygen atoms in total. The van der Waals surface area contributed by atoms with Crippen LogP contribution in [-0.4, -0.2) is 47.7 Å². The van der Waals surface area contributed by atoms with Gasteiger partial charge in [-0.2, -0.15) is 22.5 Å². The highest BCUT2D eigenvalue weighted by Gasteiger charge is 2.33. The Morgan fingerprint density at radius 2 is 2.09 bits per heavy atom. The van der Waals surface area contributed by atoms with Crippen LogP contribution < -0.4 is 4.72 Å². The highest BCUT2D eigenvalue weighted by atomic mass is 32.2. The number of aryl methyl sites for hydroxylation is 1. The van der Waals surface area contributed by atoms with Crippen molar-refractivity contribution in [2.24, 2.45) is 5.92 Å². The minimum Gasteiger partial charge on any atom is -0.377 e. The van der Waals surface area contributed by atoms with Crippen LogP contribution in [-0.2, 0) is 28.1 Å². The molecule has 2 aliphatic rings. The molecule has 0 amide bonds. The van der Waals surface area contributed by atoms with Crippen LogP contribution in [0.1, 0.15) is 50.3 Å². The van der Waals surface area contributed by atoms with Gasteiger partial charge in [0.1, 0.15) is 12.4 Å². The lowest BCUT2D eigenvalue weighted by molar-refractivity contribution is 0.177. The molecule has 0 unspecified atom stereocenters. The molecule has 1 aromatic heterocycles. The molecule has 1 fully saturated rings.